The standard InChI is InChI=1S/C17H22ClN3O2S/c18-14-6-2-1-5-13(14)15(20-7-3-4-8-20)11-19-16(22)12-21-9-10-24-17(21)23/h1-2,5-6,15H,3-4,7-12H2,(H,19,22). The van der Waals surface area contributed by atoms with Gasteiger partial charge in [0.05, 0.1) is 6.04 Å². The van der Waals surface area contributed by atoms with E-state index in [0.29, 0.717) is 13.1 Å². The molecule has 0 aromatic heterocycles. The van der Waals surface area contributed by atoms with Crippen molar-refractivity contribution in [3.05, 3.63) is 34.9 Å². The van der Waals surface area contributed by atoms with Crippen LogP contribution in [0.3, 0.4) is 0 Å². The molecule has 2 heterocycles. The lowest BCUT2D eigenvalue weighted by Gasteiger charge is -2.29. The van der Waals surface area contributed by atoms with Gasteiger partial charge in [0.1, 0.15) is 6.54 Å². The van der Waals surface area contributed by atoms with Gasteiger partial charge in [-0.3, -0.25) is 14.5 Å². The average molecular weight is 368 g/mol. The number of benzene rings is 1. The van der Waals surface area contributed by atoms with E-state index in [-0.39, 0.29) is 23.7 Å². The van der Waals surface area contributed by atoms with Crippen molar-refractivity contribution in [2.24, 2.45) is 0 Å². The van der Waals surface area contributed by atoms with E-state index in [9.17, 15) is 9.59 Å². The van der Waals surface area contributed by atoms with Crippen molar-refractivity contribution in [2.75, 3.05) is 38.5 Å². The molecule has 0 spiro atoms. The average Bonchev–Trinajstić information content (AvgIpc) is 3.22. The van der Waals surface area contributed by atoms with Crippen LogP contribution in [-0.4, -0.2) is 59.4 Å². The van der Waals surface area contributed by atoms with E-state index in [1.807, 2.05) is 24.3 Å². The molecule has 0 radical (unpaired) electrons. The molecule has 1 unspecified atom stereocenters. The minimum atomic E-state index is -0.109. The minimum absolute atomic E-state index is 0.00709. The maximum atomic E-state index is 12.2. The lowest BCUT2D eigenvalue weighted by Crippen LogP contribution is -2.41. The predicted molar refractivity (Wildman–Crippen MR) is 97.4 cm³/mol. The lowest BCUT2D eigenvalue weighted by atomic mass is 10.1. The first-order valence-electron chi connectivity index (χ1n) is 8.32. The van der Waals surface area contributed by atoms with Gasteiger partial charge in [0.25, 0.3) is 5.24 Å². The third-order valence-electron chi connectivity index (χ3n) is 4.52. The quantitative estimate of drug-likeness (QED) is 0.840. The summed E-state index contributed by atoms with van der Waals surface area (Å²) >= 11 is 7.65. The van der Waals surface area contributed by atoms with E-state index in [4.69, 9.17) is 11.6 Å². The van der Waals surface area contributed by atoms with Gasteiger partial charge < -0.3 is 10.2 Å². The van der Waals surface area contributed by atoms with Crippen molar-refractivity contribution >= 4 is 34.5 Å². The number of carbonyl (C=O) groups is 2. The normalized spacial score (nSPS) is 19.7. The molecule has 1 aromatic rings. The number of nitrogens with zero attached hydrogens (tertiary/aromatic N) is 2. The van der Waals surface area contributed by atoms with Crippen molar-refractivity contribution in [3.8, 4) is 0 Å². The minimum Gasteiger partial charge on any atom is -0.353 e. The number of rotatable bonds is 6. The largest absolute Gasteiger partial charge is 0.353 e. The number of likely N-dealkylation sites (tertiary alicyclic amines) is 1. The Balaban J connectivity index is 1.62. The van der Waals surface area contributed by atoms with E-state index in [0.717, 1.165) is 29.4 Å². The van der Waals surface area contributed by atoms with Crippen molar-refractivity contribution in [1.82, 2.24) is 15.1 Å². The summed E-state index contributed by atoms with van der Waals surface area (Å²) in [5.41, 5.74) is 1.05. The molecule has 2 amide bonds. The van der Waals surface area contributed by atoms with Crippen LogP contribution in [-0.2, 0) is 4.79 Å². The van der Waals surface area contributed by atoms with Crippen LogP contribution in [0.1, 0.15) is 24.4 Å². The Labute approximate surface area is 151 Å². The van der Waals surface area contributed by atoms with Crippen molar-refractivity contribution in [2.45, 2.75) is 18.9 Å². The fraction of sp³-hybridized carbons (Fsp3) is 0.529. The van der Waals surface area contributed by atoms with Gasteiger partial charge in [-0.15, -0.1) is 0 Å². The molecular formula is C17H22ClN3O2S. The van der Waals surface area contributed by atoms with Gasteiger partial charge in [-0.05, 0) is 37.6 Å². The summed E-state index contributed by atoms with van der Waals surface area (Å²) < 4.78 is 0. The summed E-state index contributed by atoms with van der Waals surface area (Å²) in [6, 6.07) is 7.89. The van der Waals surface area contributed by atoms with E-state index in [1.54, 1.807) is 4.90 Å². The zero-order valence-corrected chi connectivity index (χ0v) is 15.1. The van der Waals surface area contributed by atoms with Crippen LogP contribution in [0.5, 0.6) is 0 Å². The Morgan fingerprint density at radius 2 is 2.00 bits per heavy atom. The molecule has 2 saturated heterocycles. The SMILES string of the molecule is O=C(CN1CCSC1=O)NCC(c1ccccc1Cl)N1CCCC1. The maximum absolute atomic E-state index is 12.2. The number of amides is 2. The molecule has 1 N–H and O–H groups in total. The van der Waals surface area contributed by atoms with Crippen LogP contribution >= 0.6 is 23.4 Å². The number of halogens is 1. The summed E-state index contributed by atoms with van der Waals surface area (Å²) in [7, 11) is 0. The molecule has 2 aliphatic rings. The molecule has 3 rings (SSSR count). The molecule has 0 bridgehead atoms. The van der Waals surface area contributed by atoms with Crippen LogP contribution in [0.25, 0.3) is 0 Å². The Kier molecular flexibility index (Phi) is 6.03. The smallest absolute Gasteiger partial charge is 0.282 e. The van der Waals surface area contributed by atoms with Gasteiger partial charge in [0.2, 0.25) is 5.91 Å². The maximum Gasteiger partial charge on any atom is 0.282 e. The van der Waals surface area contributed by atoms with Gasteiger partial charge in [0.15, 0.2) is 0 Å². The number of hydrogen-bond donors (Lipinski definition) is 1. The Morgan fingerprint density at radius 1 is 1.25 bits per heavy atom. The predicted octanol–water partition coefficient (Wildman–Crippen LogP) is 2.76. The van der Waals surface area contributed by atoms with Gasteiger partial charge >= 0.3 is 0 Å². The number of nitrogens with one attached hydrogen (secondary N) is 1. The molecule has 24 heavy (non-hydrogen) atoms. The zero-order chi connectivity index (χ0) is 16.9. The second kappa shape index (κ2) is 8.23. The molecule has 5 nitrogen and oxygen atoms in total. The second-order valence-electron chi connectivity index (χ2n) is 6.12. The number of carbonyl (C=O) groups excluding carboxylic acids is 2. The molecule has 2 aliphatic heterocycles. The van der Waals surface area contributed by atoms with Gasteiger partial charge in [-0.2, -0.15) is 0 Å². The monoisotopic (exact) mass is 367 g/mol. The Bertz CT molecular complexity index is 607. The van der Waals surface area contributed by atoms with Crippen molar-refractivity contribution < 1.29 is 9.59 Å². The van der Waals surface area contributed by atoms with Crippen LogP contribution in [0.2, 0.25) is 5.02 Å². The van der Waals surface area contributed by atoms with Crippen LogP contribution in [0, 0.1) is 0 Å². The summed E-state index contributed by atoms with van der Waals surface area (Å²) in [6.45, 7) is 3.34. The van der Waals surface area contributed by atoms with E-state index < -0.39 is 0 Å². The number of thioether (sulfide) groups is 1. The topological polar surface area (TPSA) is 52.7 Å². The van der Waals surface area contributed by atoms with E-state index in [1.165, 1.54) is 24.6 Å². The fourth-order valence-corrected chi connectivity index (χ4v) is 4.33. The number of hydrogen-bond acceptors (Lipinski definition) is 4. The van der Waals surface area contributed by atoms with Gasteiger partial charge in [0, 0.05) is 23.9 Å². The van der Waals surface area contributed by atoms with Gasteiger partial charge in [-0.25, -0.2) is 0 Å². The van der Waals surface area contributed by atoms with E-state index in [2.05, 4.69) is 10.2 Å². The first kappa shape index (κ1) is 17.6. The van der Waals surface area contributed by atoms with Gasteiger partial charge in [-0.1, -0.05) is 41.6 Å². The Hall–Kier alpha value is -1.24. The summed E-state index contributed by atoms with van der Waals surface area (Å²) in [4.78, 5) is 27.8. The summed E-state index contributed by atoms with van der Waals surface area (Å²) in [5.74, 6) is 0.657. The highest BCUT2D eigenvalue weighted by atomic mass is 35.5. The molecule has 1 atom stereocenters. The third-order valence-corrected chi connectivity index (χ3v) is 5.75. The summed E-state index contributed by atoms with van der Waals surface area (Å²) in [6.07, 6.45) is 2.35. The highest BCUT2D eigenvalue weighted by molar-refractivity contribution is 8.13. The second-order valence-corrected chi connectivity index (χ2v) is 7.57. The highest BCUT2D eigenvalue weighted by Crippen LogP contribution is 2.29. The summed E-state index contributed by atoms with van der Waals surface area (Å²) in [5, 5.41) is 3.71. The molecule has 130 valence electrons. The molecular weight excluding hydrogens is 346 g/mol. The molecule has 1 aromatic carbocycles. The van der Waals surface area contributed by atoms with Crippen molar-refractivity contribution in [1.29, 1.82) is 0 Å². The first-order chi connectivity index (χ1) is 11.6. The van der Waals surface area contributed by atoms with Crippen molar-refractivity contribution in [3.63, 3.8) is 0 Å². The zero-order valence-electron chi connectivity index (χ0n) is 13.5. The van der Waals surface area contributed by atoms with Crippen LogP contribution < -0.4 is 5.32 Å². The van der Waals surface area contributed by atoms with E-state index >= 15 is 0 Å². The fourth-order valence-electron chi connectivity index (χ4n) is 3.24. The first-order valence-corrected chi connectivity index (χ1v) is 9.68. The molecule has 2 fully saturated rings. The Morgan fingerprint density at radius 3 is 2.67 bits per heavy atom. The van der Waals surface area contributed by atoms with Crippen LogP contribution in [0.4, 0.5) is 4.79 Å². The molecule has 7 heteroatoms. The highest BCUT2D eigenvalue weighted by Gasteiger charge is 2.27. The lowest BCUT2D eigenvalue weighted by molar-refractivity contribution is -0.121. The van der Waals surface area contributed by atoms with Crippen LogP contribution in [0.15, 0.2) is 24.3 Å². The molecule has 0 aliphatic carbocycles. The molecule has 0 saturated carbocycles. The third kappa shape index (κ3) is 4.23.